The molecule has 402 valence electrons. The van der Waals surface area contributed by atoms with Crippen LogP contribution < -0.4 is 25.6 Å². The Hall–Kier alpha value is -5.73. The first kappa shape index (κ1) is 56.0. The van der Waals surface area contributed by atoms with E-state index < -0.39 is 35.4 Å². The van der Waals surface area contributed by atoms with Crippen LogP contribution in [0.1, 0.15) is 95.4 Å². The van der Waals surface area contributed by atoms with Crippen LogP contribution in [0.2, 0.25) is 0 Å². The number of nitrogens with zero attached hydrogens (tertiary/aromatic N) is 6. The summed E-state index contributed by atoms with van der Waals surface area (Å²) in [6.45, 7) is 13.2. The fraction of sp³-hybridized carbons (Fsp3) is 0.582. The zero-order valence-electron chi connectivity index (χ0n) is 43.9. The maximum atomic E-state index is 14.0. The molecule has 18 nitrogen and oxygen atoms in total. The first-order valence-electron chi connectivity index (χ1n) is 26.4. The van der Waals surface area contributed by atoms with Gasteiger partial charge in [-0.2, -0.15) is 4.98 Å². The SMILES string of the molecule is Cc1ncsc1-c1ccc(CNC(=O)[C@@H]2C[C@@H](O)CN2C(=O)C(NC(=O)COCCCOCCCCOCCCOc2cccc(Nc3ncc4c(n3)N(CCCN(C)C(=O)C3CCC3)CC4)c2)C(C)(C)C)cc1. The van der Waals surface area contributed by atoms with Crippen molar-refractivity contribution in [3.05, 3.63) is 77.1 Å². The average Bonchev–Trinajstić information content (AvgIpc) is 4.10. The minimum atomic E-state index is -0.940. The van der Waals surface area contributed by atoms with Crippen LogP contribution in [0.15, 0.2) is 60.2 Å². The maximum Gasteiger partial charge on any atom is 0.246 e. The molecule has 4 amide bonds. The maximum absolute atomic E-state index is 14.0. The molecule has 2 aromatic carbocycles. The van der Waals surface area contributed by atoms with Crippen LogP contribution in [0, 0.1) is 18.3 Å². The van der Waals surface area contributed by atoms with Gasteiger partial charge in [-0.05, 0) is 80.5 Å². The highest BCUT2D eigenvalue weighted by molar-refractivity contribution is 7.13. The number of aliphatic hydroxyl groups excluding tert-OH is 1. The fourth-order valence-electron chi connectivity index (χ4n) is 9.23. The summed E-state index contributed by atoms with van der Waals surface area (Å²) in [5, 5.41) is 19.7. The second-order valence-electron chi connectivity index (χ2n) is 20.7. The topological polar surface area (TPSA) is 210 Å². The summed E-state index contributed by atoms with van der Waals surface area (Å²) in [5.41, 5.74) is 6.05. The molecule has 1 saturated carbocycles. The Morgan fingerprint density at radius 3 is 2.35 bits per heavy atom. The van der Waals surface area contributed by atoms with Crippen LogP contribution in [0.25, 0.3) is 10.4 Å². The Morgan fingerprint density at radius 2 is 1.65 bits per heavy atom. The number of benzene rings is 2. The monoisotopic (exact) mass is 1040 g/mol. The van der Waals surface area contributed by atoms with Crippen molar-refractivity contribution < 1.29 is 43.2 Å². The Balaban J connectivity index is 0.699. The lowest BCUT2D eigenvalue weighted by Crippen LogP contribution is -2.58. The predicted molar refractivity (Wildman–Crippen MR) is 285 cm³/mol. The number of aliphatic hydroxyl groups is 1. The van der Waals surface area contributed by atoms with Gasteiger partial charge in [-0.3, -0.25) is 19.2 Å². The first-order valence-corrected chi connectivity index (χ1v) is 27.3. The Kier molecular flexibility index (Phi) is 21.0. The van der Waals surface area contributed by atoms with E-state index in [0.29, 0.717) is 52.0 Å². The van der Waals surface area contributed by atoms with E-state index in [1.54, 1.807) is 11.3 Å². The molecule has 4 aromatic rings. The second-order valence-corrected chi connectivity index (χ2v) is 21.5. The minimum Gasteiger partial charge on any atom is -0.493 e. The number of nitrogens with one attached hydrogen (secondary N) is 3. The second kappa shape index (κ2) is 27.7. The summed E-state index contributed by atoms with van der Waals surface area (Å²) in [5.74, 6) is 1.53. The Labute approximate surface area is 440 Å². The number of anilines is 3. The van der Waals surface area contributed by atoms with Gasteiger partial charge in [0.25, 0.3) is 0 Å². The molecular weight excluding hydrogens is 963 g/mol. The van der Waals surface area contributed by atoms with Gasteiger partial charge < -0.3 is 54.7 Å². The van der Waals surface area contributed by atoms with Gasteiger partial charge in [-0.25, -0.2) is 9.97 Å². The zero-order valence-corrected chi connectivity index (χ0v) is 44.8. The molecule has 0 radical (unpaired) electrons. The average molecular weight is 1040 g/mol. The van der Waals surface area contributed by atoms with Crippen LogP contribution in [-0.2, 0) is 46.4 Å². The number of aryl methyl sites for hydroxylation is 1. The van der Waals surface area contributed by atoms with Crippen molar-refractivity contribution in [2.45, 2.75) is 117 Å². The van der Waals surface area contributed by atoms with Crippen LogP contribution in [0.5, 0.6) is 5.75 Å². The molecular formula is C55H77N9O9S. The standard InChI is InChI=1S/C55H77N9O9S/c1-38-48(74-37-58-38)40-19-17-39(18-20-40)33-56-51(67)46-32-44(65)35-64(46)53(69)49(55(2,3)4)60-47(66)36-72-29-11-27-70-25-6-7-26-71-28-12-30-73-45-16-9-15-43(31-45)59-54-57-34-42-21-24-63(50(42)61-54)23-10-22-62(5)52(68)41-13-8-14-41/h9,15-20,31,34,37,41,44,46,49,65H,6-8,10-14,21-30,32-33,35-36H2,1-5H3,(H,56,67)(H,60,66)(H,57,59,61)/t44-,46+,49?/m1/s1. The van der Waals surface area contributed by atoms with Crippen molar-refractivity contribution in [1.82, 2.24) is 35.4 Å². The van der Waals surface area contributed by atoms with E-state index in [-0.39, 0.29) is 43.8 Å². The Bertz CT molecular complexity index is 2450. The third-order valence-corrected chi connectivity index (χ3v) is 14.7. The number of hydrogen-bond donors (Lipinski definition) is 4. The van der Waals surface area contributed by atoms with Crippen molar-refractivity contribution >= 4 is 52.4 Å². The van der Waals surface area contributed by atoms with Crippen molar-refractivity contribution in [2.75, 3.05) is 89.7 Å². The van der Waals surface area contributed by atoms with E-state index in [9.17, 15) is 24.3 Å². The molecule has 0 spiro atoms. The Morgan fingerprint density at radius 1 is 0.919 bits per heavy atom. The van der Waals surface area contributed by atoms with Gasteiger partial charge >= 0.3 is 0 Å². The number of aromatic nitrogens is 3. The molecule has 2 aliphatic heterocycles. The number of carbonyl (C=O) groups is 4. The molecule has 74 heavy (non-hydrogen) atoms. The normalized spacial score (nSPS) is 16.9. The lowest BCUT2D eigenvalue weighted by molar-refractivity contribution is -0.144. The number of β-amino-alcohol motifs (C(OH)–C–C–N with tert-alkyl or cyclic N) is 1. The van der Waals surface area contributed by atoms with E-state index in [1.807, 2.05) is 99.9 Å². The summed E-state index contributed by atoms with van der Waals surface area (Å²) >= 11 is 1.58. The van der Waals surface area contributed by atoms with Gasteiger partial charge in [0, 0.05) is 115 Å². The largest absolute Gasteiger partial charge is 0.493 e. The summed E-state index contributed by atoms with van der Waals surface area (Å²) < 4.78 is 23.2. The highest BCUT2D eigenvalue weighted by atomic mass is 32.1. The molecule has 1 unspecified atom stereocenters. The molecule has 2 fully saturated rings. The van der Waals surface area contributed by atoms with Crippen molar-refractivity contribution in [3.63, 3.8) is 0 Å². The smallest absolute Gasteiger partial charge is 0.246 e. The van der Waals surface area contributed by atoms with Crippen molar-refractivity contribution in [3.8, 4) is 16.2 Å². The third kappa shape index (κ3) is 16.4. The van der Waals surface area contributed by atoms with Gasteiger partial charge in [-0.15, -0.1) is 11.3 Å². The quantitative estimate of drug-likeness (QED) is 0.0431. The van der Waals surface area contributed by atoms with Gasteiger partial charge in [0.1, 0.15) is 30.3 Å². The number of rotatable bonds is 29. The minimum absolute atomic E-state index is 0.00209. The number of carbonyl (C=O) groups excluding carboxylic acids is 4. The van der Waals surface area contributed by atoms with Crippen LogP contribution in [0.4, 0.5) is 17.5 Å². The van der Waals surface area contributed by atoms with Gasteiger partial charge in [0.05, 0.1) is 28.8 Å². The van der Waals surface area contributed by atoms with E-state index in [1.165, 1.54) is 11.3 Å². The molecule has 4 heterocycles. The van der Waals surface area contributed by atoms with Crippen molar-refractivity contribution in [2.24, 2.45) is 11.3 Å². The van der Waals surface area contributed by atoms with Crippen LogP contribution in [-0.4, -0.2) is 151 Å². The number of amides is 4. The lowest BCUT2D eigenvalue weighted by atomic mass is 9.84. The molecule has 3 aliphatic rings. The number of likely N-dealkylation sites (tertiary alicyclic amines) is 1. The van der Waals surface area contributed by atoms with Gasteiger partial charge in [0.15, 0.2) is 0 Å². The first-order chi connectivity index (χ1) is 35.7. The number of unbranched alkanes of at least 4 members (excludes halogenated alkanes) is 1. The van der Waals surface area contributed by atoms with E-state index in [2.05, 4.69) is 30.8 Å². The fourth-order valence-corrected chi connectivity index (χ4v) is 10.0. The van der Waals surface area contributed by atoms with E-state index in [0.717, 1.165) is 109 Å². The summed E-state index contributed by atoms with van der Waals surface area (Å²) in [4.78, 5) is 73.3. The van der Waals surface area contributed by atoms with Crippen LogP contribution in [0.3, 0.4) is 0 Å². The predicted octanol–water partition coefficient (Wildman–Crippen LogP) is 6.46. The number of thiazole rings is 1. The number of ether oxygens (including phenoxy) is 4. The van der Waals surface area contributed by atoms with Gasteiger partial charge in [0.2, 0.25) is 29.6 Å². The molecule has 19 heteroatoms. The highest BCUT2D eigenvalue weighted by Crippen LogP contribution is 2.31. The van der Waals surface area contributed by atoms with Crippen molar-refractivity contribution in [1.29, 1.82) is 0 Å². The molecule has 1 saturated heterocycles. The molecule has 3 atom stereocenters. The number of hydrogen-bond acceptors (Lipinski definition) is 15. The van der Waals surface area contributed by atoms with Crippen LogP contribution >= 0.6 is 11.3 Å². The summed E-state index contributed by atoms with van der Waals surface area (Å²) in [6, 6.07) is 13.9. The van der Waals surface area contributed by atoms with Gasteiger partial charge in [-0.1, -0.05) is 57.5 Å². The molecule has 1 aliphatic carbocycles. The van der Waals surface area contributed by atoms with E-state index in [4.69, 9.17) is 23.9 Å². The lowest BCUT2D eigenvalue weighted by Gasteiger charge is -2.35. The third-order valence-electron chi connectivity index (χ3n) is 13.7. The molecule has 2 aromatic heterocycles. The van der Waals surface area contributed by atoms with E-state index >= 15 is 0 Å². The zero-order chi connectivity index (χ0) is 52.5. The number of fused-ring (bicyclic) bond motifs is 1. The molecule has 0 bridgehead atoms. The molecule has 7 rings (SSSR count). The summed E-state index contributed by atoms with van der Waals surface area (Å²) in [6.07, 6.45) is 9.26. The summed E-state index contributed by atoms with van der Waals surface area (Å²) in [7, 11) is 1.92. The molecule has 4 N–H and O–H groups in total. The highest BCUT2D eigenvalue weighted by Gasteiger charge is 2.44.